The van der Waals surface area contributed by atoms with Crippen molar-refractivity contribution in [2.24, 2.45) is 0 Å². The quantitative estimate of drug-likeness (QED) is 0.909. The van der Waals surface area contributed by atoms with Crippen LogP contribution in [0.25, 0.3) is 0 Å². The summed E-state index contributed by atoms with van der Waals surface area (Å²) >= 11 is 0. The lowest BCUT2D eigenvalue weighted by Gasteiger charge is -2.11. The Balaban J connectivity index is 2.09. The zero-order valence-corrected chi connectivity index (χ0v) is 12.1. The summed E-state index contributed by atoms with van der Waals surface area (Å²) in [6.45, 7) is 2.85. The second kappa shape index (κ2) is 6.87. The van der Waals surface area contributed by atoms with Crippen LogP contribution in [0.15, 0.2) is 36.4 Å². The third-order valence-corrected chi connectivity index (χ3v) is 3.29. The highest BCUT2D eigenvalue weighted by molar-refractivity contribution is 5.56. The maximum Gasteiger partial charge on any atom is 0.129 e. The van der Waals surface area contributed by atoms with Crippen LogP contribution in [-0.4, -0.2) is 7.11 Å². The molecular weight excluding hydrogens is 267 g/mol. The molecule has 0 fully saturated rings. The van der Waals surface area contributed by atoms with Crippen LogP contribution in [0.5, 0.6) is 0 Å². The molecule has 2 aromatic carbocycles. The smallest absolute Gasteiger partial charge is 0.129 e. The van der Waals surface area contributed by atoms with E-state index in [2.05, 4.69) is 5.32 Å². The van der Waals surface area contributed by atoms with Crippen molar-refractivity contribution in [3.8, 4) is 6.07 Å². The molecule has 0 unspecified atom stereocenters. The van der Waals surface area contributed by atoms with E-state index in [4.69, 9.17) is 10.00 Å². The van der Waals surface area contributed by atoms with Gasteiger partial charge in [-0.3, -0.25) is 0 Å². The first-order chi connectivity index (χ1) is 10.1. The lowest BCUT2D eigenvalue weighted by molar-refractivity contribution is 0.185. The molecule has 21 heavy (non-hydrogen) atoms. The first-order valence-corrected chi connectivity index (χ1v) is 6.65. The number of anilines is 1. The Morgan fingerprint density at radius 1 is 1.19 bits per heavy atom. The Bertz CT molecular complexity index is 660. The van der Waals surface area contributed by atoms with Crippen LogP contribution in [0, 0.1) is 24.1 Å². The summed E-state index contributed by atoms with van der Waals surface area (Å²) in [6.07, 6.45) is 0. The predicted molar refractivity (Wildman–Crippen MR) is 80.3 cm³/mol. The summed E-state index contributed by atoms with van der Waals surface area (Å²) in [6, 6.07) is 12.9. The molecule has 0 heterocycles. The molecule has 0 amide bonds. The molecule has 0 atom stereocenters. The van der Waals surface area contributed by atoms with Gasteiger partial charge in [0, 0.05) is 24.9 Å². The second-order valence-electron chi connectivity index (χ2n) is 4.85. The van der Waals surface area contributed by atoms with Crippen molar-refractivity contribution < 1.29 is 9.13 Å². The van der Waals surface area contributed by atoms with Crippen molar-refractivity contribution in [1.29, 1.82) is 5.26 Å². The molecule has 2 aromatic rings. The van der Waals surface area contributed by atoms with Gasteiger partial charge in [-0.05, 0) is 30.2 Å². The Morgan fingerprint density at radius 3 is 2.48 bits per heavy atom. The minimum absolute atomic E-state index is 0.316. The molecule has 0 bridgehead atoms. The van der Waals surface area contributed by atoms with E-state index in [0.29, 0.717) is 30.0 Å². The minimum atomic E-state index is -0.369. The summed E-state index contributed by atoms with van der Waals surface area (Å²) in [4.78, 5) is 0. The Kier molecular flexibility index (Phi) is 4.91. The Morgan fingerprint density at radius 2 is 1.86 bits per heavy atom. The van der Waals surface area contributed by atoms with E-state index in [1.165, 1.54) is 6.07 Å². The average Bonchev–Trinajstić information content (AvgIpc) is 2.50. The van der Waals surface area contributed by atoms with Crippen molar-refractivity contribution in [1.82, 2.24) is 0 Å². The van der Waals surface area contributed by atoms with Gasteiger partial charge in [0.05, 0.1) is 18.2 Å². The SMILES string of the molecule is COCc1ccc(CNc2cc(C#N)cc(F)c2C)cc1. The third kappa shape index (κ3) is 3.80. The first kappa shape index (κ1) is 15.0. The van der Waals surface area contributed by atoms with Gasteiger partial charge in [0.1, 0.15) is 5.82 Å². The van der Waals surface area contributed by atoms with Crippen molar-refractivity contribution in [3.05, 3.63) is 64.5 Å². The monoisotopic (exact) mass is 284 g/mol. The first-order valence-electron chi connectivity index (χ1n) is 6.65. The van der Waals surface area contributed by atoms with Crippen LogP contribution in [0.4, 0.5) is 10.1 Å². The number of nitrogens with zero attached hydrogens (tertiary/aromatic N) is 1. The van der Waals surface area contributed by atoms with E-state index < -0.39 is 0 Å². The summed E-state index contributed by atoms with van der Waals surface area (Å²) in [7, 11) is 1.66. The highest BCUT2D eigenvalue weighted by Crippen LogP contribution is 2.21. The molecule has 2 rings (SSSR count). The zero-order chi connectivity index (χ0) is 15.2. The molecule has 0 saturated carbocycles. The number of nitriles is 1. The third-order valence-electron chi connectivity index (χ3n) is 3.29. The van der Waals surface area contributed by atoms with Crippen LogP contribution < -0.4 is 5.32 Å². The fourth-order valence-corrected chi connectivity index (χ4v) is 2.04. The van der Waals surface area contributed by atoms with Gasteiger partial charge in [0.25, 0.3) is 0 Å². The number of rotatable bonds is 5. The van der Waals surface area contributed by atoms with Crippen LogP contribution in [0.2, 0.25) is 0 Å². The van der Waals surface area contributed by atoms with Gasteiger partial charge >= 0.3 is 0 Å². The number of hydrogen-bond acceptors (Lipinski definition) is 3. The van der Waals surface area contributed by atoms with Gasteiger partial charge in [-0.2, -0.15) is 5.26 Å². The number of methoxy groups -OCH3 is 1. The van der Waals surface area contributed by atoms with E-state index >= 15 is 0 Å². The fraction of sp³-hybridized carbons (Fsp3) is 0.235. The molecule has 0 saturated heterocycles. The average molecular weight is 284 g/mol. The minimum Gasteiger partial charge on any atom is -0.381 e. The molecular formula is C17H17FN2O. The summed E-state index contributed by atoms with van der Waals surface area (Å²) in [5.41, 5.74) is 3.67. The van der Waals surface area contributed by atoms with Crippen molar-refractivity contribution in [2.45, 2.75) is 20.1 Å². The zero-order valence-electron chi connectivity index (χ0n) is 12.1. The molecule has 0 spiro atoms. The van der Waals surface area contributed by atoms with Crippen LogP contribution in [-0.2, 0) is 17.9 Å². The molecule has 0 aromatic heterocycles. The van der Waals surface area contributed by atoms with Gasteiger partial charge in [-0.25, -0.2) is 4.39 Å². The maximum absolute atomic E-state index is 13.7. The van der Waals surface area contributed by atoms with Gasteiger partial charge in [-0.1, -0.05) is 24.3 Å². The highest BCUT2D eigenvalue weighted by atomic mass is 19.1. The number of hydrogen-bond donors (Lipinski definition) is 1. The molecule has 4 heteroatoms. The summed E-state index contributed by atoms with van der Waals surface area (Å²) in [5, 5.41) is 12.1. The van der Waals surface area contributed by atoms with Gasteiger partial charge in [0.2, 0.25) is 0 Å². The lowest BCUT2D eigenvalue weighted by atomic mass is 10.1. The number of ether oxygens (including phenoxy) is 1. The van der Waals surface area contributed by atoms with Crippen LogP contribution in [0.3, 0.4) is 0 Å². The van der Waals surface area contributed by atoms with E-state index in [1.807, 2.05) is 30.3 Å². The van der Waals surface area contributed by atoms with Crippen LogP contribution >= 0.6 is 0 Å². The lowest BCUT2D eigenvalue weighted by Crippen LogP contribution is -2.03. The van der Waals surface area contributed by atoms with E-state index in [1.54, 1.807) is 20.1 Å². The van der Waals surface area contributed by atoms with Crippen molar-refractivity contribution >= 4 is 5.69 Å². The Labute approximate surface area is 124 Å². The fourth-order valence-electron chi connectivity index (χ4n) is 2.04. The largest absolute Gasteiger partial charge is 0.381 e. The maximum atomic E-state index is 13.7. The molecule has 0 aliphatic rings. The standard InChI is InChI=1S/C17H17FN2O/c1-12-16(18)7-15(9-19)8-17(12)20-10-13-3-5-14(6-4-13)11-21-2/h3-8,20H,10-11H2,1-2H3. The van der Waals surface area contributed by atoms with Crippen LogP contribution in [0.1, 0.15) is 22.3 Å². The number of halogens is 1. The predicted octanol–water partition coefficient (Wildman–Crippen LogP) is 3.76. The van der Waals surface area contributed by atoms with Crippen molar-refractivity contribution in [2.75, 3.05) is 12.4 Å². The summed E-state index contributed by atoms with van der Waals surface area (Å²) < 4.78 is 18.7. The number of benzene rings is 2. The van der Waals surface area contributed by atoms with Gasteiger partial charge < -0.3 is 10.1 Å². The summed E-state index contributed by atoms with van der Waals surface area (Å²) in [5.74, 6) is -0.369. The second-order valence-corrected chi connectivity index (χ2v) is 4.85. The van der Waals surface area contributed by atoms with E-state index in [9.17, 15) is 4.39 Å². The van der Waals surface area contributed by atoms with Gasteiger partial charge in [-0.15, -0.1) is 0 Å². The Hall–Kier alpha value is -2.38. The topological polar surface area (TPSA) is 45.0 Å². The normalized spacial score (nSPS) is 10.2. The molecule has 0 aliphatic carbocycles. The number of nitrogens with one attached hydrogen (secondary N) is 1. The highest BCUT2D eigenvalue weighted by Gasteiger charge is 2.07. The van der Waals surface area contributed by atoms with E-state index in [-0.39, 0.29) is 5.82 Å². The van der Waals surface area contributed by atoms with Crippen molar-refractivity contribution in [3.63, 3.8) is 0 Å². The molecule has 0 aliphatic heterocycles. The molecule has 108 valence electrons. The molecule has 1 N–H and O–H groups in total. The van der Waals surface area contributed by atoms with Gasteiger partial charge in [0.15, 0.2) is 0 Å². The molecule has 3 nitrogen and oxygen atoms in total. The molecule has 0 radical (unpaired) electrons. The van der Waals surface area contributed by atoms with E-state index in [0.717, 1.165) is 11.1 Å².